The van der Waals surface area contributed by atoms with E-state index < -0.39 is 11.4 Å². The van der Waals surface area contributed by atoms with Crippen molar-refractivity contribution in [3.8, 4) is 11.1 Å². The second-order valence-corrected chi connectivity index (χ2v) is 10.2. The van der Waals surface area contributed by atoms with Gasteiger partial charge in [0.1, 0.15) is 28.6 Å². The average Bonchev–Trinajstić information content (AvgIpc) is 3.39. The van der Waals surface area contributed by atoms with Gasteiger partial charge in [0.05, 0.1) is 11.1 Å². The van der Waals surface area contributed by atoms with Gasteiger partial charge >= 0.3 is 0 Å². The van der Waals surface area contributed by atoms with Gasteiger partial charge < -0.3 is 20.0 Å². The third-order valence-electron chi connectivity index (χ3n) is 7.32. The van der Waals surface area contributed by atoms with Crippen LogP contribution < -0.4 is 11.1 Å². The van der Waals surface area contributed by atoms with Crippen molar-refractivity contribution in [2.75, 3.05) is 0 Å². The fourth-order valence-corrected chi connectivity index (χ4v) is 5.02. The first kappa shape index (κ1) is 24.6. The number of primary amides is 1. The predicted octanol–water partition coefficient (Wildman–Crippen LogP) is 5.95. The minimum absolute atomic E-state index is 0.196. The fourth-order valence-electron chi connectivity index (χ4n) is 5.02. The summed E-state index contributed by atoms with van der Waals surface area (Å²) < 4.78 is 24.6. The van der Waals surface area contributed by atoms with Crippen molar-refractivity contribution >= 4 is 22.8 Å². The van der Waals surface area contributed by atoms with Crippen LogP contribution in [0.4, 0.5) is 4.39 Å². The Hall–Kier alpha value is -4.72. The van der Waals surface area contributed by atoms with Gasteiger partial charge in [0.25, 0.3) is 11.8 Å². The Bertz CT molecular complexity index is 1750. The first-order valence-electron chi connectivity index (χ1n) is 12.7. The molecule has 0 unspecified atom stereocenters. The molecule has 0 atom stereocenters. The van der Waals surface area contributed by atoms with Gasteiger partial charge in [-0.25, -0.2) is 4.39 Å². The van der Waals surface area contributed by atoms with Crippen LogP contribution >= 0.6 is 0 Å². The number of furan rings is 1. The minimum atomic E-state index is -0.606. The zero-order valence-electron chi connectivity index (χ0n) is 21.5. The zero-order valence-corrected chi connectivity index (χ0v) is 21.5. The van der Waals surface area contributed by atoms with Crippen molar-refractivity contribution in [2.45, 2.75) is 38.6 Å². The van der Waals surface area contributed by atoms with E-state index in [9.17, 15) is 14.0 Å². The number of carbonyl (C=O) groups is 2. The second kappa shape index (κ2) is 9.23. The van der Waals surface area contributed by atoms with E-state index in [0.29, 0.717) is 40.0 Å². The maximum atomic E-state index is 13.4. The molecule has 8 heteroatoms. The number of aromatic nitrogens is 1. The standard InChI is InChI=1S/C31H26FN3O4/c1-17-3-6-21(30(37)34-31(11-12-31)27-13-18(2)39-35-27)16-23(17)20-7-10-25-24(15-20)28(29(33)36)26(38-25)14-19-4-8-22(32)9-5-19/h3-10,13,15-16H,11-12,14H2,1-2H3,(H2,33,36)(H,34,37). The van der Waals surface area contributed by atoms with Crippen LogP contribution in [0.5, 0.6) is 0 Å². The van der Waals surface area contributed by atoms with Crippen LogP contribution in [0.1, 0.15) is 61.9 Å². The summed E-state index contributed by atoms with van der Waals surface area (Å²) in [5.41, 5.74) is 10.8. The van der Waals surface area contributed by atoms with E-state index in [4.69, 9.17) is 14.7 Å². The number of carbonyl (C=O) groups excluding carboxylic acids is 2. The summed E-state index contributed by atoms with van der Waals surface area (Å²) in [6.45, 7) is 3.79. The monoisotopic (exact) mass is 523 g/mol. The summed E-state index contributed by atoms with van der Waals surface area (Å²) in [4.78, 5) is 25.8. The van der Waals surface area contributed by atoms with E-state index in [1.807, 2.05) is 44.2 Å². The van der Waals surface area contributed by atoms with Crippen molar-refractivity contribution in [2.24, 2.45) is 5.73 Å². The maximum Gasteiger partial charge on any atom is 0.252 e. The van der Waals surface area contributed by atoms with Gasteiger partial charge in [-0.3, -0.25) is 9.59 Å². The summed E-state index contributed by atoms with van der Waals surface area (Å²) in [5, 5.41) is 7.83. The van der Waals surface area contributed by atoms with E-state index in [-0.39, 0.29) is 11.7 Å². The molecule has 196 valence electrons. The minimum Gasteiger partial charge on any atom is -0.460 e. The lowest BCUT2D eigenvalue weighted by molar-refractivity contribution is 0.0928. The van der Waals surface area contributed by atoms with Crippen LogP contribution in [0, 0.1) is 19.7 Å². The molecule has 1 aliphatic carbocycles. The van der Waals surface area contributed by atoms with E-state index in [1.54, 1.807) is 24.3 Å². The van der Waals surface area contributed by atoms with Gasteiger partial charge in [0, 0.05) is 23.4 Å². The molecule has 2 aromatic heterocycles. The first-order chi connectivity index (χ1) is 18.7. The van der Waals surface area contributed by atoms with Crippen LogP contribution in [0.15, 0.2) is 75.7 Å². The molecule has 3 N–H and O–H groups in total. The first-order valence-corrected chi connectivity index (χ1v) is 12.7. The molecular formula is C31H26FN3O4. The fraction of sp³-hybridized carbons (Fsp3) is 0.194. The molecule has 6 rings (SSSR count). The van der Waals surface area contributed by atoms with Gasteiger partial charge in [0.15, 0.2) is 0 Å². The number of nitrogens with one attached hydrogen (secondary N) is 1. The van der Waals surface area contributed by atoms with Crippen molar-refractivity contribution in [1.29, 1.82) is 0 Å². The van der Waals surface area contributed by atoms with Crippen LogP contribution in [-0.2, 0) is 12.0 Å². The highest BCUT2D eigenvalue weighted by molar-refractivity contribution is 6.07. The molecule has 39 heavy (non-hydrogen) atoms. The lowest BCUT2D eigenvalue weighted by Crippen LogP contribution is -2.35. The summed E-state index contributed by atoms with van der Waals surface area (Å²) in [6.07, 6.45) is 1.90. The third-order valence-corrected chi connectivity index (χ3v) is 7.32. The zero-order chi connectivity index (χ0) is 27.3. The summed E-state index contributed by atoms with van der Waals surface area (Å²) in [6, 6.07) is 19.0. The molecule has 1 aliphatic rings. The highest BCUT2D eigenvalue weighted by atomic mass is 19.1. The highest BCUT2D eigenvalue weighted by Crippen LogP contribution is 2.45. The van der Waals surface area contributed by atoms with E-state index in [0.717, 1.165) is 40.8 Å². The lowest BCUT2D eigenvalue weighted by Gasteiger charge is -2.16. The Morgan fingerprint density at radius 1 is 1.03 bits per heavy atom. The van der Waals surface area contributed by atoms with E-state index in [2.05, 4.69) is 10.5 Å². The topological polar surface area (TPSA) is 111 Å². The number of benzene rings is 3. The van der Waals surface area contributed by atoms with Crippen LogP contribution in [0.2, 0.25) is 0 Å². The molecule has 2 amide bonds. The van der Waals surface area contributed by atoms with Crippen molar-refractivity contribution < 1.29 is 22.9 Å². The van der Waals surface area contributed by atoms with Crippen LogP contribution in [0.25, 0.3) is 22.1 Å². The number of hydrogen-bond donors (Lipinski definition) is 2. The Morgan fingerprint density at radius 2 is 1.79 bits per heavy atom. The highest BCUT2D eigenvalue weighted by Gasteiger charge is 2.48. The molecule has 7 nitrogen and oxygen atoms in total. The maximum absolute atomic E-state index is 13.4. The van der Waals surface area contributed by atoms with Gasteiger partial charge in [-0.2, -0.15) is 0 Å². The number of fused-ring (bicyclic) bond motifs is 1. The number of amides is 2. The summed E-state index contributed by atoms with van der Waals surface area (Å²) in [5.74, 6) is -0.0169. The normalized spacial score (nSPS) is 13.9. The van der Waals surface area contributed by atoms with Gasteiger partial charge in [-0.1, -0.05) is 29.4 Å². The summed E-state index contributed by atoms with van der Waals surface area (Å²) in [7, 11) is 0. The largest absolute Gasteiger partial charge is 0.460 e. The number of nitrogens with zero attached hydrogens (tertiary/aromatic N) is 1. The molecule has 5 aromatic rings. The molecule has 0 aliphatic heterocycles. The molecule has 1 saturated carbocycles. The van der Waals surface area contributed by atoms with Gasteiger partial charge in [-0.05, 0) is 85.3 Å². The number of hydrogen-bond acceptors (Lipinski definition) is 5. The quantitative estimate of drug-likeness (QED) is 0.274. The second-order valence-electron chi connectivity index (χ2n) is 10.2. The molecule has 0 spiro atoms. The van der Waals surface area contributed by atoms with Crippen molar-refractivity contribution in [1.82, 2.24) is 10.5 Å². The number of rotatable bonds is 7. The molecule has 0 bridgehead atoms. The van der Waals surface area contributed by atoms with Crippen molar-refractivity contribution in [3.63, 3.8) is 0 Å². The number of halogens is 1. The molecule has 2 heterocycles. The molecule has 0 saturated heterocycles. The molecular weight excluding hydrogens is 497 g/mol. The Morgan fingerprint density at radius 3 is 2.46 bits per heavy atom. The van der Waals surface area contributed by atoms with Crippen LogP contribution in [0.3, 0.4) is 0 Å². The van der Waals surface area contributed by atoms with Gasteiger partial charge in [0.2, 0.25) is 0 Å². The SMILES string of the molecule is Cc1cc(C2(NC(=O)c3ccc(C)c(-c4ccc5oc(Cc6ccc(F)cc6)c(C(N)=O)c5c4)c3)CC2)no1. The number of nitrogens with two attached hydrogens (primary N) is 1. The molecule has 0 radical (unpaired) electrons. The summed E-state index contributed by atoms with van der Waals surface area (Å²) >= 11 is 0. The van der Waals surface area contributed by atoms with Crippen LogP contribution in [-0.4, -0.2) is 17.0 Å². The third kappa shape index (κ3) is 4.58. The van der Waals surface area contributed by atoms with E-state index in [1.165, 1.54) is 12.1 Å². The lowest BCUT2D eigenvalue weighted by atomic mass is 9.95. The molecule has 3 aromatic carbocycles. The Kier molecular flexibility index (Phi) is 5.83. The Balaban J connectivity index is 1.33. The average molecular weight is 524 g/mol. The predicted molar refractivity (Wildman–Crippen MR) is 144 cm³/mol. The van der Waals surface area contributed by atoms with Gasteiger partial charge in [-0.15, -0.1) is 0 Å². The molecule has 1 fully saturated rings. The Labute approximate surface area is 223 Å². The number of aryl methyl sites for hydroxylation is 2. The van der Waals surface area contributed by atoms with Crippen molar-refractivity contribution in [3.05, 3.63) is 112 Å². The van der Waals surface area contributed by atoms with E-state index >= 15 is 0 Å². The smallest absolute Gasteiger partial charge is 0.252 e.